The Labute approximate surface area is 273 Å². The Kier molecular flexibility index (Phi) is 18.6. The average Bonchev–Trinajstić information content (AvgIpc) is 3.03. The molecule has 0 aromatic heterocycles. The van der Waals surface area contributed by atoms with E-state index in [1.165, 1.54) is 102 Å². The molecule has 254 valence electrons. The van der Waals surface area contributed by atoms with Crippen LogP contribution in [-0.4, -0.2) is 34.8 Å². The maximum absolute atomic E-state index is 13.0. The summed E-state index contributed by atoms with van der Waals surface area (Å²) < 4.78 is 0. The van der Waals surface area contributed by atoms with Crippen LogP contribution >= 0.6 is 0 Å². The van der Waals surface area contributed by atoms with Gasteiger partial charge in [-0.15, -0.1) is 0 Å². The second-order valence-electron chi connectivity index (χ2n) is 14.3. The molecule has 5 atom stereocenters. The number of hydrogen-bond donors (Lipinski definition) is 2. The number of urea groups is 1. The van der Waals surface area contributed by atoms with E-state index in [-0.39, 0.29) is 35.2 Å². The van der Waals surface area contributed by atoms with Gasteiger partial charge in [-0.2, -0.15) is 5.06 Å². The number of hydrogen-bond acceptors (Lipinski definition) is 3. The number of carbonyl (C=O) groups is 1. The summed E-state index contributed by atoms with van der Waals surface area (Å²) in [6.07, 6.45) is 24.5. The lowest BCUT2D eigenvalue weighted by Gasteiger charge is -2.60. The van der Waals surface area contributed by atoms with Crippen molar-refractivity contribution in [1.29, 1.82) is 0 Å². The van der Waals surface area contributed by atoms with Crippen molar-refractivity contribution in [2.45, 2.75) is 194 Å². The molecule has 1 fully saturated rings. The van der Waals surface area contributed by atoms with Crippen molar-refractivity contribution >= 4 is 6.03 Å². The Balaban J connectivity index is 1.65. The SMILES string of the molecule is CCCCCCCCCCCCCCCCCCNC(=O)NC1CC(C)(CC)N(OC(C)c2ccccc2)C(C)(CC)C1C. The third kappa shape index (κ3) is 12.7. The van der Waals surface area contributed by atoms with Crippen LogP contribution in [0.15, 0.2) is 30.3 Å². The van der Waals surface area contributed by atoms with E-state index >= 15 is 0 Å². The fourth-order valence-electron chi connectivity index (χ4n) is 7.18. The van der Waals surface area contributed by atoms with E-state index in [9.17, 15) is 4.79 Å². The first-order valence-electron chi connectivity index (χ1n) is 18.8. The van der Waals surface area contributed by atoms with E-state index in [4.69, 9.17) is 4.84 Å². The van der Waals surface area contributed by atoms with Gasteiger partial charge in [-0.05, 0) is 57.9 Å². The highest BCUT2D eigenvalue weighted by atomic mass is 16.7. The Morgan fingerprint density at radius 1 is 0.818 bits per heavy atom. The van der Waals surface area contributed by atoms with E-state index in [1.807, 2.05) is 6.07 Å². The third-order valence-electron chi connectivity index (χ3n) is 10.8. The molecule has 2 rings (SSSR count). The first kappa shape index (κ1) is 38.6. The summed E-state index contributed by atoms with van der Waals surface area (Å²) in [6.45, 7) is 16.6. The standard InChI is InChI=1S/C39H71N3O2/c1-8-11-12-13-14-15-16-17-18-19-20-21-22-23-24-28-31-40-37(43)41-36-32-38(6,9-2)42(39(7,10-3)33(36)4)44-34(5)35-29-26-25-27-30-35/h25-27,29-30,33-34,36H,8-24,28,31-32H2,1-7H3,(H2,40,41,43). The molecule has 1 aliphatic rings. The van der Waals surface area contributed by atoms with Gasteiger partial charge in [-0.3, -0.25) is 4.84 Å². The summed E-state index contributed by atoms with van der Waals surface area (Å²) >= 11 is 0. The van der Waals surface area contributed by atoms with Crippen molar-refractivity contribution in [2.24, 2.45) is 5.92 Å². The van der Waals surface area contributed by atoms with Gasteiger partial charge < -0.3 is 10.6 Å². The molecule has 1 aromatic carbocycles. The summed E-state index contributed by atoms with van der Waals surface area (Å²) in [7, 11) is 0. The van der Waals surface area contributed by atoms with E-state index in [0.29, 0.717) is 0 Å². The number of hydroxylamine groups is 2. The molecule has 0 spiro atoms. The Bertz CT molecular complexity index is 879. The molecular formula is C39H71N3O2. The Morgan fingerprint density at radius 3 is 1.80 bits per heavy atom. The van der Waals surface area contributed by atoms with Gasteiger partial charge >= 0.3 is 6.03 Å². The van der Waals surface area contributed by atoms with Gasteiger partial charge in [0.05, 0.1) is 0 Å². The number of piperidine rings is 1. The van der Waals surface area contributed by atoms with Crippen molar-refractivity contribution in [3.05, 3.63) is 35.9 Å². The number of unbranched alkanes of at least 4 members (excludes halogenated alkanes) is 15. The highest BCUT2D eigenvalue weighted by Gasteiger charge is 2.54. The molecular weight excluding hydrogens is 542 g/mol. The van der Waals surface area contributed by atoms with E-state index < -0.39 is 0 Å². The minimum absolute atomic E-state index is 0.0215. The van der Waals surface area contributed by atoms with Crippen LogP contribution in [0.1, 0.15) is 182 Å². The minimum Gasteiger partial charge on any atom is -0.338 e. The summed E-state index contributed by atoms with van der Waals surface area (Å²) in [6, 6.07) is 10.6. The van der Waals surface area contributed by atoms with Crippen molar-refractivity contribution in [3.63, 3.8) is 0 Å². The molecule has 5 heteroatoms. The molecule has 1 aliphatic heterocycles. The van der Waals surface area contributed by atoms with Crippen LogP contribution < -0.4 is 10.6 Å². The summed E-state index contributed by atoms with van der Waals surface area (Å²) in [4.78, 5) is 19.8. The third-order valence-corrected chi connectivity index (χ3v) is 10.8. The molecule has 2 amide bonds. The van der Waals surface area contributed by atoms with Crippen LogP contribution in [0.5, 0.6) is 0 Å². The molecule has 0 aliphatic carbocycles. The van der Waals surface area contributed by atoms with Gasteiger partial charge in [0.25, 0.3) is 0 Å². The molecule has 2 N–H and O–H groups in total. The average molecular weight is 614 g/mol. The van der Waals surface area contributed by atoms with Crippen LogP contribution in [0.4, 0.5) is 4.79 Å². The van der Waals surface area contributed by atoms with Crippen LogP contribution in [0.25, 0.3) is 0 Å². The van der Waals surface area contributed by atoms with Crippen molar-refractivity contribution in [3.8, 4) is 0 Å². The number of amides is 2. The van der Waals surface area contributed by atoms with Gasteiger partial charge in [0, 0.05) is 23.7 Å². The predicted molar refractivity (Wildman–Crippen MR) is 189 cm³/mol. The smallest absolute Gasteiger partial charge is 0.315 e. The molecule has 1 aromatic rings. The van der Waals surface area contributed by atoms with Crippen LogP contribution in [0.2, 0.25) is 0 Å². The van der Waals surface area contributed by atoms with E-state index in [1.54, 1.807) is 0 Å². The first-order chi connectivity index (χ1) is 21.2. The summed E-state index contributed by atoms with van der Waals surface area (Å²) in [5.41, 5.74) is 0.815. The maximum atomic E-state index is 13.0. The van der Waals surface area contributed by atoms with E-state index in [2.05, 4.69) is 88.4 Å². The monoisotopic (exact) mass is 614 g/mol. The quantitative estimate of drug-likeness (QED) is 0.121. The van der Waals surface area contributed by atoms with Gasteiger partial charge in [-0.1, -0.05) is 154 Å². The van der Waals surface area contributed by atoms with Gasteiger partial charge in [0.15, 0.2) is 0 Å². The van der Waals surface area contributed by atoms with Crippen LogP contribution in [0.3, 0.4) is 0 Å². The molecule has 0 saturated carbocycles. The number of carbonyl (C=O) groups excluding carboxylic acids is 1. The maximum Gasteiger partial charge on any atom is 0.315 e. The molecule has 44 heavy (non-hydrogen) atoms. The molecule has 5 unspecified atom stereocenters. The number of rotatable bonds is 23. The van der Waals surface area contributed by atoms with Gasteiger partial charge in [0.1, 0.15) is 6.10 Å². The normalized spacial score (nSPS) is 24.7. The molecule has 1 saturated heterocycles. The van der Waals surface area contributed by atoms with Crippen LogP contribution in [0, 0.1) is 5.92 Å². The van der Waals surface area contributed by atoms with Gasteiger partial charge in [-0.25, -0.2) is 4.79 Å². The second kappa shape index (κ2) is 21.3. The lowest BCUT2D eigenvalue weighted by Crippen LogP contribution is -2.70. The highest BCUT2D eigenvalue weighted by molar-refractivity contribution is 5.74. The topological polar surface area (TPSA) is 53.6 Å². The van der Waals surface area contributed by atoms with Crippen molar-refractivity contribution in [2.75, 3.05) is 6.54 Å². The number of nitrogens with zero attached hydrogens (tertiary/aromatic N) is 1. The Hall–Kier alpha value is -1.59. The first-order valence-corrected chi connectivity index (χ1v) is 18.8. The lowest BCUT2D eigenvalue weighted by atomic mass is 9.68. The zero-order chi connectivity index (χ0) is 32.3. The summed E-state index contributed by atoms with van der Waals surface area (Å²) in [5.74, 6) is 0.247. The molecule has 5 nitrogen and oxygen atoms in total. The molecule has 1 heterocycles. The van der Waals surface area contributed by atoms with Crippen molar-refractivity contribution < 1.29 is 9.63 Å². The largest absolute Gasteiger partial charge is 0.338 e. The fourth-order valence-corrected chi connectivity index (χ4v) is 7.18. The fraction of sp³-hybridized carbons (Fsp3) is 0.821. The molecule has 0 radical (unpaired) electrons. The number of benzene rings is 1. The van der Waals surface area contributed by atoms with E-state index in [0.717, 1.165) is 32.2 Å². The lowest BCUT2D eigenvalue weighted by molar-refractivity contribution is -0.327. The summed E-state index contributed by atoms with van der Waals surface area (Å²) in [5, 5.41) is 8.84. The zero-order valence-electron chi connectivity index (χ0n) is 30.0. The number of nitrogens with one attached hydrogen (secondary N) is 2. The van der Waals surface area contributed by atoms with Crippen LogP contribution in [-0.2, 0) is 4.84 Å². The zero-order valence-corrected chi connectivity index (χ0v) is 30.0. The predicted octanol–water partition coefficient (Wildman–Crippen LogP) is 11.3. The van der Waals surface area contributed by atoms with Crippen molar-refractivity contribution in [1.82, 2.24) is 15.7 Å². The highest BCUT2D eigenvalue weighted by Crippen LogP contribution is 2.47. The Morgan fingerprint density at radius 2 is 1.32 bits per heavy atom. The second-order valence-corrected chi connectivity index (χ2v) is 14.3. The van der Waals surface area contributed by atoms with Gasteiger partial charge in [0.2, 0.25) is 0 Å². The minimum atomic E-state index is -0.197. The molecule has 0 bridgehead atoms.